The van der Waals surface area contributed by atoms with Crippen LogP contribution in [0.25, 0.3) is 0 Å². The number of phenolic OH excluding ortho intramolecular Hbond substituents is 1. The number of nitrogens with two attached hydrogens (primary N) is 1. The van der Waals surface area contributed by atoms with E-state index in [9.17, 15) is 73.2 Å². The van der Waals surface area contributed by atoms with Crippen LogP contribution in [0.1, 0.15) is 59.9 Å². The van der Waals surface area contributed by atoms with E-state index in [0.29, 0.717) is 5.56 Å². The summed E-state index contributed by atoms with van der Waals surface area (Å²) >= 11 is 0. The van der Waals surface area contributed by atoms with Gasteiger partial charge in [0, 0.05) is 0 Å². The fourth-order valence-corrected chi connectivity index (χ4v) is 5.72. The highest BCUT2D eigenvalue weighted by Crippen LogP contribution is 2.12. The van der Waals surface area contributed by atoms with E-state index >= 15 is 0 Å². The summed E-state index contributed by atoms with van der Waals surface area (Å²) < 4.78 is 0. The number of carboxylic acids is 2. The Kier molecular flexibility index (Phi) is 24.3. The van der Waals surface area contributed by atoms with Gasteiger partial charge in [0.2, 0.25) is 53.2 Å². The number of aliphatic hydroxyl groups is 2. The molecule has 1 aromatic carbocycles. The van der Waals surface area contributed by atoms with Gasteiger partial charge in [-0.1, -0.05) is 39.8 Å². The fourth-order valence-electron chi connectivity index (χ4n) is 5.72. The molecule has 8 atom stereocenters. The summed E-state index contributed by atoms with van der Waals surface area (Å²) in [5, 5.41) is 68.6. The van der Waals surface area contributed by atoms with Gasteiger partial charge in [-0.25, -0.2) is 0 Å². The number of phenols is 1. The van der Waals surface area contributed by atoms with Crippen LogP contribution < -0.4 is 53.6 Å². The van der Waals surface area contributed by atoms with Gasteiger partial charge in [0.25, 0.3) is 0 Å². The molecule has 9 amide bonds. The zero-order chi connectivity index (χ0) is 50.4. The van der Waals surface area contributed by atoms with Gasteiger partial charge < -0.3 is 79.1 Å². The number of amides is 9. The molecule has 1 rings (SSSR count). The molecule has 368 valence electrons. The Morgan fingerprint density at radius 3 is 1.47 bits per heavy atom. The predicted octanol–water partition coefficient (Wildman–Crippen LogP) is -5.83. The van der Waals surface area contributed by atoms with Crippen LogP contribution in [-0.2, 0) is 59.2 Å². The molecule has 0 saturated heterocycles. The Hall–Kier alpha value is -6.93. The third-order valence-corrected chi connectivity index (χ3v) is 9.20. The van der Waals surface area contributed by atoms with Gasteiger partial charge in [0.05, 0.1) is 44.3 Å². The van der Waals surface area contributed by atoms with Crippen molar-refractivity contribution in [2.24, 2.45) is 17.6 Å². The maximum absolute atomic E-state index is 13.6. The van der Waals surface area contributed by atoms with Crippen LogP contribution in [0, 0.1) is 11.8 Å². The number of nitrogens with one attached hydrogen (secondary N) is 9. The number of hydrogen-bond acceptors (Lipinski definition) is 15. The van der Waals surface area contributed by atoms with Gasteiger partial charge in [-0.3, -0.25) is 52.7 Å². The Bertz CT molecular complexity index is 1890. The number of carbonyl (C=O) groups excluding carboxylic acids is 9. The van der Waals surface area contributed by atoms with Gasteiger partial charge in [0.1, 0.15) is 42.5 Å². The van der Waals surface area contributed by atoms with E-state index in [1.165, 1.54) is 24.3 Å². The molecule has 26 nitrogen and oxygen atoms in total. The highest BCUT2D eigenvalue weighted by molar-refractivity contribution is 5.98. The standard InChI is InChI=1S/C40H62N10O16/c1-18(2)11-25(47-36(62)26(13-30(57)58)46-35(61)24(41)12-22-7-9-23(53)10-8-22)37(63)49-34(21(6)52)40(66)50-33(20(5)51)39(65)44-15-28(55)42-14-27(54)43-16-29(56)48-32(19(3)4)38(64)45-17-31(59)60/h7-10,18-21,24-26,32-34,51-53H,11-17,41H2,1-6H3,(H,42,55)(H,43,54)(H,44,65)(H,45,64)(H,46,61)(H,47,62)(H,48,56)(H,49,63)(H,50,66)(H,57,58)(H,59,60)/t20-,21-,24+,25+,26+,32+,33+,34+/m1/s1. The molecule has 0 aliphatic heterocycles. The number of aliphatic hydroxyl groups excluding tert-OH is 2. The first-order valence-corrected chi connectivity index (χ1v) is 20.6. The van der Waals surface area contributed by atoms with Crippen LogP contribution in [0.2, 0.25) is 0 Å². The first-order valence-electron chi connectivity index (χ1n) is 20.6. The summed E-state index contributed by atoms with van der Waals surface area (Å²) in [5.41, 5.74) is 6.54. The van der Waals surface area contributed by atoms with Crippen molar-refractivity contribution in [1.82, 2.24) is 47.9 Å². The largest absolute Gasteiger partial charge is 0.508 e. The van der Waals surface area contributed by atoms with E-state index in [2.05, 4.69) is 47.9 Å². The summed E-state index contributed by atoms with van der Waals surface area (Å²) in [6, 6.07) is -3.40. The highest BCUT2D eigenvalue weighted by atomic mass is 16.4. The lowest BCUT2D eigenvalue weighted by Crippen LogP contribution is -2.62. The SMILES string of the molecule is CC(C)C[C@H](NC(=O)[C@H](CC(=O)O)NC(=O)[C@@H](N)Cc1ccc(O)cc1)C(=O)N[C@H](C(=O)N[C@H](C(=O)NCC(=O)NCC(=O)NCC(=O)N[C@H](C(=O)NCC(=O)O)C(C)C)[C@@H](C)O)[C@@H](C)O. The van der Waals surface area contributed by atoms with Crippen LogP contribution in [0.4, 0.5) is 0 Å². The molecule has 0 saturated carbocycles. The molecule has 0 aliphatic carbocycles. The topological polar surface area (TPSA) is 423 Å². The van der Waals surface area contributed by atoms with Crippen molar-refractivity contribution in [2.75, 3.05) is 26.2 Å². The summed E-state index contributed by atoms with van der Waals surface area (Å²) in [4.78, 5) is 138. The van der Waals surface area contributed by atoms with Crippen molar-refractivity contribution >= 4 is 65.1 Å². The van der Waals surface area contributed by atoms with Crippen molar-refractivity contribution in [3.05, 3.63) is 29.8 Å². The van der Waals surface area contributed by atoms with Crippen LogP contribution in [0.5, 0.6) is 5.75 Å². The number of carbonyl (C=O) groups is 11. The van der Waals surface area contributed by atoms with E-state index in [1.54, 1.807) is 27.7 Å². The van der Waals surface area contributed by atoms with E-state index in [4.69, 9.17) is 10.8 Å². The Morgan fingerprint density at radius 2 is 0.970 bits per heavy atom. The smallest absolute Gasteiger partial charge is 0.322 e. The van der Waals surface area contributed by atoms with Gasteiger partial charge in [-0.15, -0.1) is 0 Å². The number of aromatic hydroxyl groups is 1. The van der Waals surface area contributed by atoms with Crippen LogP contribution in [-0.4, -0.2) is 165 Å². The van der Waals surface area contributed by atoms with Crippen molar-refractivity contribution in [3.63, 3.8) is 0 Å². The normalized spacial score (nSPS) is 14.6. The number of aliphatic carboxylic acids is 2. The van der Waals surface area contributed by atoms with Crippen molar-refractivity contribution < 1.29 is 78.3 Å². The second-order valence-electron chi connectivity index (χ2n) is 16.0. The minimum atomic E-state index is -1.82. The van der Waals surface area contributed by atoms with Gasteiger partial charge >= 0.3 is 11.9 Å². The molecular weight excluding hydrogens is 876 g/mol. The van der Waals surface area contributed by atoms with Crippen LogP contribution in [0.15, 0.2) is 24.3 Å². The zero-order valence-electron chi connectivity index (χ0n) is 37.3. The molecule has 1 aromatic rings. The van der Waals surface area contributed by atoms with E-state index in [1.807, 2.05) is 0 Å². The maximum atomic E-state index is 13.6. The Balaban J connectivity index is 2.89. The highest BCUT2D eigenvalue weighted by Gasteiger charge is 2.36. The van der Waals surface area contributed by atoms with Crippen molar-refractivity contribution in [2.45, 2.75) is 109 Å². The number of rotatable bonds is 28. The molecule has 0 radical (unpaired) electrons. The molecule has 16 N–H and O–H groups in total. The van der Waals surface area contributed by atoms with Crippen molar-refractivity contribution in [1.29, 1.82) is 0 Å². The molecule has 0 bridgehead atoms. The molecule has 0 unspecified atom stereocenters. The van der Waals surface area contributed by atoms with Crippen LogP contribution in [0.3, 0.4) is 0 Å². The quantitative estimate of drug-likeness (QED) is 0.0372. The minimum absolute atomic E-state index is 0.0279. The summed E-state index contributed by atoms with van der Waals surface area (Å²) in [6.45, 7) is 5.99. The van der Waals surface area contributed by atoms with Gasteiger partial charge in [-0.05, 0) is 56.2 Å². The molecule has 0 aromatic heterocycles. The van der Waals surface area contributed by atoms with Gasteiger partial charge in [-0.2, -0.15) is 0 Å². The number of benzene rings is 1. The van der Waals surface area contributed by atoms with E-state index in [-0.39, 0.29) is 24.5 Å². The lowest BCUT2D eigenvalue weighted by atomic mass is 10.0. The Morgan fingerprint density at radius 1 is 0.515 bits per heavy atom. The molecule has 0 heterocycles. The average molecular weight is 939 g/mol. The molecule has 66 heavy (non-hydrogen) atoms. The molecular formula is C40H62N10O16. The summed E-state index contributed by atoms with van der Waals surface area (Å²) in [6.07, 6.45) is -4.32. The number of carboxylic acid groups (broad SMARTS) is 2. The molecule has 0 fully saturated rings. The molecule has 0 spiro atoms. The molecule has 26 heteroatoms. The monoisotopic (exact) mass is 938 g/mol. The maximum Gasteiger partial charge on any atom is 0.322 e. The van der Waals surface area contributed by atoms with Crippen molar-refractivity contribution in [3.8, 4) is 5.75 Å². The Labute approximate surface area is 379 Å². The van der Waals surface area contributed by atoms with Crippen LogP contribution >= 0.6 is 0 Å². The minimum Gasteiger partial charge on any atom is -0.508 e. The lowest BCUT2D eigenvalue weighted by Gasteiger charge is -2.28. The van der Waals surface area contributed by atoms with E-state index in [0.717, 1.165) is 13.8 Å². The zero-order valence-corrected chi connectivity index (χ0v) is 37.3. The number of hydrogen-bond donors (Lipinski definition) is 15. The average Bonchev–Trinajstić information content (AvgIpc) is 3.22. The van der Waals surface area contributed by atoms with Gasteiger partial charge in [0.15, 0.2) is 0 Å². The summed E-state index contributed by atoms with van der Waals surface area (Å²) in [7, 11) is 0. The first kappa shape index (κ1) is 57.1. The van der Waals surface area contributed by atoms with E-state index < -0.39 is 152 Å². The third kappa shape index (κ3) is 21.6. The fraction of sp³-hybridized carbons (Fsp3) is 0.575. The second kappa shape index (κ2) is 28.1. The third-order valence-electron chi connectivity index (χ3n) is 9.20. The first-order chi connectivity index (χ1) is 30.7. The summed E-state index contributed by atoms with van der Waals surface area (Å²) in [5.74, 6) is -12.2. The lowest BCUT2D eigenvalue weighted by molar-refractivity contribution is -0.141. The molecule has 0 aliphatic rings. The predicted molar refractivity (Wildman–Crippen MR) is 229 cm³/mol. The second-order valence-corrected chi connectivity index (χ2v) is 16.0.